The molecule has 0 fully saturated rings. The van der Waals surface area contributed by atoms with E-state index in [9.17, 15) is 4.79 Å². The first-order chi connectivity index (χ1) is 13.2. The molecule has 4 rings (SSSR count). The van der Waals surface area contributed by atoms with Crippen LogP contribution in [-0.2, 0) is 0 Å². The smallest absolute Gasteiger partial charge is 0.244 e. The van der Waals surface area contributed by atoms with Gasteiger partial charge in [-0.2, -0.15) is 19.6 Å². The highest BCUT2D eigenvalue weighted by Gasteiger charge is 2.26. The Labute approximate surface area is 157 Å². The van der Waals surface area contributed by atoms with Gasteiger partial charge in [0.15, 0.2) is 0 Å². The van der Waals surface area contributed by atoms with Crippen molar-refractivity contribution < 1.29 is 4.79 Å². The molecular formula is C22H20N4O. The summed E-state index contributed by atoms with van der Waals surface area (Å²) in [7, 11) is 0. The van der Waals surface area contributed by atoms with Gasteiger partial charge in [-0.15, -0.1) is 0 Å². The molecule has 0 radical (unpaired) electrons. The fourth-order valence-electron chi connectivity index (χ4n) is 3.28. The molecule has 0 amide bonds. The van der Waals surface area contributed by atoms with Crippen molar-refractivity contribution in [2.24, 2.45) is 0 Å². The summed E-state index contributed by atoms with van der Waals surface area (Å²) in [5, 5.41) is 8.83. The standard InChI is InChI=1S/C22H20N4O/c1-16(2)19-20(17-10-5-3-6-11-17)24-26(22(27)25-15-9-14-23-25)21(19)18-12-7-4-8-13-18/h3-16H,1-2H3. The van der Waals surface area contributed by atoms with Crippen LogP contribution >= 0.6 is 0 Å². The fraction of sp³-hybridized carbons (Fsp3) is 0.136. The summed E-state index contributed by atoms with van der Waals surface area (Å²) in [6.07, 6.45) is 3.22. The Morgan fingerprint density at radius 2 is 1.52 bits per heavy atom. The number of aromatic nitrogens is 4. The van der Waals surface area contributed by atoms with E-state index in [1.165, 1.54) is 9.36 Å². The molecule has 2 aromatic carbocycles. The highest BCUT2D eigenvalue weighted by molar-refractivity contribution is 5.87. The second-order valence-corrected chi connectivity index (χ2v) is 6.64. The van der Waals surface area contributed by atoms with Gasteiger partial charge in [0.25, 0.3) is 0 Å². The van der Waals surface area contributed by atoms with E-state index in [0.29, 0.717) is 0 Å². The van der Waals surface area contributed by atoms with Gasteiger partial charge in [-0.3, -0.25) is 0 Å². The van der Waals surface area contributed by atoms with Gasteiger partial charge < -0.3 is 0 Å². The first-order valence-electron chi connectivity index (χ1n) is 8.95. The third-order valence-corrected chi connectivity index (χ3v) is 4.48. The van der Waals surface area contributed by atoms with Crippen LogP contribution in [0.3, 0.4) is 0 Å². The lowest BCUT2D eigenvalue weighted by molar-refractivity contribution is 0.238. The molecule has 0 saturated carbocycles. The molecule has 0 aliphatic rings. The zero-order chi connectivity index (χ0) is 18.8. The number of hydrogen-bond donors (Lipinski definition) is 0. The largest absolute Gasteiger partial charge is 0.369 e. The zero-order valence-corrected chi connectivity index (χ0v) is 15.3. The van der Waals surface area contributed by atoms with Crippen molar-refractivity contribution in [3.63, 3.8) is 0 Å². The van der Waals surface area contributed by atoms with E-state index in [-0.39, 0.29) is 11.9 Å². The minimum atomic E-state index is -0.303. The summed E-state index contributed by atoms with van der Waals surface area (Å²) in [6.45, 7) is 4.25. The highest BCUT2D eigenvalue weighted by Crippen LogP contribution is 2.37. The summed E-state index contributed by atoms with van der Waals surface area (Å²) < 4.78 is 2.78. The molecule has 0 unspecified atom stereocenters. The molecule has 134 valence electrons. The molecule has 5 nitrogen and oxygen atoms in total. The number of hydrogen-bond acceptors (Lipinski definition) is 3. The van der Waals surface area contributed by atoms with E-state index >= 15 is 0 Å². The van der Waals surface area contributed by atoms with E-state index in [0.717, 1.165) is 28.1 Å². The van der Waals surface area contributed by atoms with Crippen molar-refractivity contribution >= 4 is 6.03 Å². The van der Waals surface area contributed by atoms with Crippen LogP contribution in [0, 0.1) is 0 Å². The Hall–Kier alpha value is -3.47. The lowest BCUT2D eigenvalue weighted by atomic mass is 9.94. The van der Waals surface area contributed by atoms with E-state index in [2.05, 4.69) is 18.9 Å². The van der Waals surface area contributed by atoms with Crippen LogP contribution in [0.5, 0.6) is 0 Å². The molecule has 0 bridgehead atoms. The number of carbonyl (C=O) groups excluding carboxylic acids is 1. The van der Waals surface area contributed by atoms with Crippen LogP contribution in [0.1, 0.15) is 25.3 Å². The molecule has 0 aliphatic carbocycles. The van der Waals surface area contributed by atoms with Gasteiger partial charge in [-0.25, -0.2) is 4.79 Å². The molecule has 0 saturated heterocycles. The summed E-state index contributed by atoms with van der Waals surface area (Å²) in [6, 6.07) is 21.3. The lowest BCUT2D eigenvalue weighted by Gasteiger charge is -2.11. The minimum Gasteiger partial charge on any atom is -0.244 e. The van der Waals surface area contributed by atoms with Crippen LogP contribution in [0.25, 0.3) is 22.5 Å². The number of carbonyl (C=O) groups is 1. The highest BCUT2D eigenvalue weighted by atomic mass is 16.2. The molecule has 0 aliphatic heterocycles. The van der Waals surface area contributed by atoms with Crippen molar-refractivity contribution in [3.8, 4) is 22.5 Å². The first kappa shape index (κ1) is 17.0. The normalized spacial score (nSPS) is 11.1. The molecule has 0 N–H and O–H groups in total. The maximum absolute atomic E-state index is 13.1. The Bertz CT molecular complexity index is 1050. The predicted octanol–water partition coefficient (Wildman–Crippen LogP) is 5.05. The fourth-order valence-corrected chi connectivity index (χ4v) is 3.28. The van der Waals surface area contributed by atoms with Crippen LogP contribution in [0.2, 0.25) is 0 Å². The SMILES string of the molecule is CC(C)c1c(-c2ccccc2)nn(C(=O)n2cccn2)c1-c1ccccc1. The van der Waals surface area contributed by atoms with Crippen molar-refractivity contribution in [1.82, 2.24) is 19.6 Å². The maximum atomic E-state index is 13.1. The lowest BCUT2D eigenvalue weighted by Crippen LogP contribution is -2.22. The van der Waals surface area contributed by atoms with Crippen LogP contribution in [0.4, 0.5) is 4.79 Å². The second kappa shape index (κ2) is 7.03. The van der Waals surface area contributed by atoms with Crippen molar-refractivity contribution in [2.75, 3.05) is 0 Å². The summed E-state index contributed by atoms with van der Waals surface area (Å²) in [5.41, 5.74) is 4.63. The van der Waals surface area contributed by atoms with Crippen molar-refractivity contribution in [1.29, 1.82) is 0 Å². The van der Waals surface area contributed by atoms with Gasteiger partial charge in [0.1, 0.15) is 0 Å². The van der Waals surface area contributed by atoms with E-state index in [1.54, 1.807) is 18.5 Å². The Morgan fingerprint density at radius 1 is 0.889 bits per heavy atom. The summed E-state index contributed by atoms with van der Waals surface area (Å²) >= 11 is 0. The molecule has 0 atom stereocenters. The minimum absolute atomic E-state index is 0.189. The Kier molecular flexibility index (Phi) is 4.42. The predicted molar refractivity (Wildman–Crippen MR) is 106 cm³/mol. The zero-order valence-electron chi connectivity index (χ0n) is 15.3. The van der Waals surface area contributed by atoms with E-state index < -0.39 is 0 Å². The number of benzene rings is 2. The molecule has 4 aromatic rings. The van der Waals surface area contributed by atoms with Gasteiger partial charge in [0.2, 0.25) is 0 Å². The van der Waals surface area contributed by atoms with Crippen molar-refractivity contribution in [3.05, 3.63) is 84.7 Å². The van der Waals surface area contributed by atoms with Gasteiger partial charge in [-0.05, 0) is 12.0 Å². The monoisotopic (exact) mass is 356 g/mol. The van der Waals surface area contributed by atoms with Crippen molar-refractivity contribution in [2.45, 2.75) is 19.8 Å². The van der Waals surface area contributed by atoms with E-state index in [1.807, 2.05) is 60.7 Å². The molecule has 2 heterocycles. The van der Waals surface area contributed by atoms with Gasteiger partial charge in [0.05, 0.1) is 11.4 Å². The van der Waals surface area contributed by atoms with Crippen LogP contribution < -0.4 is 0 Å². The van der Waals surface area contributed by atoms with E-state index in [4.69, 9.17) is 5.10 Å². The summed E-state index contributed by atoms with van der Waals surface area (Å²) in [4.78, 5) is 13.1. The number of nitrogens with zero attached hydrogens (tertiary/aromatic N) is 4. The topological polar surface area (TPSA) is 52.7 Å². The average molecular weight is 356 g/mol. The second-order valence-electron chi connectivity index (χ2n) is 6.64. The molecule has 2 aromatic heterocycles. The molecule has 0 spiro atoms. The Balaban J connectivity index is 2.01. The van der Waals surface area contributed by atoms with Gasteiger partial charge in [0, 0.05) is 29.1 Å². The Morgan fingerprint density at radius 3 is 2.07 bits per heavy atom. The van der Waals surface area contributed by atoms with Crippen LogP contribution in [-0.4, -0.2) is 25.6 Å². The molecular weight excluding hydrogens is 336 g/mol. The third kappa shape index (κ3) is 3.08. The van der Waals surface area contributed by atoms with Gasteiger partial charge in [-0.1, -0.05) is 74.5 Å². The third-order valence-electron chi connectivity index (χ3n) is 4.48. The number of rotatable bonds is 3. The molecule has 5 heteroatoms. The first-order valence-corrected chi connectivity index (χ1v) is 8.95. The van der Waals surface area contributed by atoms with Gasteiger partial charge >= 0.3 is 6.03 Å². The van der Waals surface area contributed by atoms with Crippen LogP contribution in [0.15, 0.2) is 79.1 Å². The summed E-state index contributed by atoms with van der Waals surface area (Å²) in [5.74, 6) is 0.189. The average Bonchev–Trinajstić information content (AvgIpc) is 3.37. The quantitative estimate of drug-likeness (QED) is 0.516. The maximum Gasteiger partial charge on any atom is 0.369 e. The molecule has 27 heavy (non-hydrogen) atoms.